The quantitative estimate of drug-likeness (QED) is 0.819. The topological polar surface area (TPSA) is 92.4 Å². The van der Waals surface area contributed by atoms with E-state index >= 15 is 0 Å². The molecule has 0 spiro atoms. The highest BCUT2D eigenvalue weighted by molar-refractivity contribution is 5.70. The van der Waals surface area contributed by atoms with Crippen molar-refractivity contribution in [2.75, 3.05) is 11.9 Å². The number of aryl methyl sites for hydroxylation is 1. The summed E-state index contributed by atoms with van der Waals surface area (Å²) < 4.78 is 1.56. The minimum atomic E-state index is -0.800. The Labute approximate surface area is 104 Å². The molecule has 7 heteroatoms. The van der Waals surface area contributed by atoms with Gasteiger partial charge in [-0.2, -0.15) is 14.6 Å². The van der Waals surface area contributed by atoms with Gasteiger partial charge < -0.3 is 10.4 Å². The van der Waals surface area contributed by atoms with E-state index in [2.05, 4.69) is 20.4 Å². The second-order valence-corrected chi connectivity index (χ2v) is 4.08. The van der Waals surface area contributed by atoms with Crippen molar-refractivity contribution in [3.63, 3.8) is 0 Å². The van der Waals surface area contributed by atoms with Gasteiger partial charge >= 0.3 is 5.97 Å². The lowest BCUT2D eigenvalue weighted by Crippen LogP contribution is -2.23. The summed E-state index contributed by atoms with van der Waals surface area (Å²) >= 11 is 0. The zero-order valence-electron chi connectivity index (χ0n) is 10.3. The van der Waals surface area contributed by atoms with E-state index in [4.69, 9.17) is 5.11 Å². The zero-order chi connectivity index (χ0) is 13.1. The van der Waals surface area contributed by atoms with Crippen LogP contribution in [0.2, 0.25) is 0 Å². The molecule has 0 saturated carbocycles. The average molecular weight is 249 g/mol. The first-order valence-corrected chi connectivity index (χ1v) is 5.76. The van der Waals surface area contributed by atoms with Gasteiger partial charge in [0.15, 0.2) is 0 Å². The number of carbonyl (C=O) groups is 1. The molecule has 0 amide bonds. The first-order valence-electron chi connectivity index (χ1n) is 5.76. The Kier molecular flexibility index (Phi) is 3.40. The largest absolute Gasteiger partial charge is 0.481 e. The van der Waals surface area contributed by atoms with E-state index in [0.29, 0.717) is 24.6 Å². The van der Waals surface area contributed by atoms with Gasteiger partial charge in [-0.05, 0) is 13.3 Å². The fourth-order valence-corrected chi connectivity index (χ4v) is 1.69. The van der Waals surface area contributed by atoms with Crippen LogP contribution in [0.25, 0.3) is 5.78 Å². The summed E-state index contributed by atoms with van der Waals surface area (Å²) in [6.07, 6.45) is 1.99. The van der Waals surface area contributed by atoms with Crippen LogP contribution in [0.3, 0.4) is 0 Å². The fraction of sp³-hybridized carbons (Fsp3) is 0.455. The summed E-state index contributed by atoms with van der Waals surface area (Å²) in [6.45, 7) is 4.06. The van der Waals surface area contributed by atoms with Gasteiger partial charge in [0.25, 0.3) is 5.78 Å². The Morgan fingerprint density at radius 3 is 3.06 bits per heavy atom. The smallest absolute Gasteiger partial charge is 0.308 e. The number of fused-ring (bicyclic) bond motifs is 1. The summed E-state index contributed by atoms with van der Waals surface area (Å²) in [5.74, 6) is -0.0155. The molecule has 2 rings (SSSR count). The predicted octanol–water partition coefficient (Wildman–Crippen LogP) is 0.955. The Balaban J connectivity index is 2.21. The summed E-state index contributed by atoms with van der Waals surface area (Å²) in [5, 5.41) is 16.1. The molecular formula is C11H15N5O2. The van der Waals surface area contributed by atoms with Gasteiger partial charge in [0.1, 0.15) is 12.1 Å². The third-order valence-electron chi connectivity index (χ3n) is 2.75. The van der Waals surface area contributed by atoms with Crippen molar-refractivity contribution >= 4 is 17.6 Å². The highest BCUT2D eigenvalue weighted by Gasteiger charge is 2.15. The molecule has 0 fully saturated rings. The maximum absolute atomic E-state index is 10.9. The molecule has 2 aromatic rings. The zero-order valence-corrected chi connectivity index (χ0v) is 10.3. The third-order valence-corrected chi connectivity index (χ3v) is 2.75. The SMILES string of the molecule is CCC(CNc1cc(C)nc2ncnn12)C(=O)O. The molecule has 0 saturated heterocycles. The van der Waals surface area contributed by atoms with Crippen LogP contribution in [-0.4, -0.2) is 37.2 Å². The maximum atomic E-state index is 10.9. The van der Waals surface area contributed by atoms with Gasteiger partial charge in [0.05, 0.1) is 5.92 Å². The highest BCUT2D eigenvalue weighted by atomic mass is 16.4. The van der Waals surface area contributed by atoms with E-state index in [9.17, 15) is 4.79 Å². The number of anilines is 1. The molecule has 7 nitrogen and oxygen atoms in total. The fourth-order valence-electron chi connectivity index (χ4n) is 1.69. The lowest BCUT2D eigenvalue weighted by Gasteiger charge is -2.13. The molecule has 1 atom stereocenters. The molecule has 2 N–H and O–H groups in total. The Hall–Kier alpha value is -2.18. The first-order chi connectivity index (χ1) is 8.61. The van der Waals surface area contributed by atoms with E-state index in [-0.39, 0.29) is 0 Å². The van der Waals surface area contributed by atoms with Crippen LogP contribution < -0.4 is 5.32 Å². The summed E-state index contributed by atoms with van der Waals surface area (Å²) in [7, 11) is 0. The minimum absolute atomic E-state index is 0.351. The lowest BCUT2D eigenvalue weighted by atomic mass is 10.1. The van der Waals surface area contributed by atoms with Gasteiger partial charge in [-0.15, -0.1) is 0 Å². The van der Waals surface area contributed by atoms with E-state index < -0.39 is 11.9 Å². The summed E-state index contributed by atoms with van der Waals surface area (Å²) in [5.41, 5.74) is 0.807. The number of nitrogens with one attached hydrogen (secondary N) is 1. The van der Waals surface area contributed by atoms with Gasteiger partial charge in [0.2, 0.25) is 0 Å². The second kappa shape index (κ2) is 4.99. The lowest BCUT2D eigenvalue weighted by molar-refractivity contribution is -0.141. The van der Waals surface area contributed by atoms with Crippen LogP contribution in [0.15, 0.2) is 12.4 Å². The molecule has 18 heavy (non-hydrogen) atoms. The van der Waals surface area contributed by atoms with Gasteiger partial charge in [-0.25, -0.2) is 4.98 Å². The van der Waals surface area contributed by atoms with Crippen molar-refractivity contribution in [3.05, 3.63) is 18.1 Å². The summed E-state index contributed by atoms with van der Waals surface area (Å²) in [6, 6.07) is 1.82. The third kappa shape index (κ3) is 2.39. The molecule has 0 aromatic carbocycles. The number of aliphatic carboxylic acids is 1. The Morgan fingerprint density at radius 2 is 2.39 bits per heavy atom. The number of carboxylic acids is 1. The normalized spacial score (nSPS) is 12.6. The van der Waals surface area contributed by atoms with Crippen molar-refractivity contribution in [1.82, 2.24) is 19.6 Å². The van der Waals surface area contributed by atoms with Crippen LogP contribution in [0.5, 0.6) is 0 Å². The minimum Gasteiger partial charge on any atom is -0.481 e. The standard InChI is InChI=1S/C11H15N5O2/c1-3-8(10(17)18)5-12-9-4-7(2)15-11-13-6-14-16(9)11/h4,6,8,12H,3,5H2,1-2H3,(H,17,18). The number of rotatable bonds is 5. The van der Waals surface area contributed by atoms with Crippen LogP contribution in [-0.2, 0) is 4.79 Å². The molecule has 0 aliphatic rings. The van der Waals surface area contributed by atoms with E-state index in [0.717, 1.165) is 5.69 Å². The van der Waals surface area contributed by atoms with E-state index in [1.54, 1.807) is 4.52 Å². The number of aromatic nitrogens is 4. The molecule has 0 aliphatic carbocycles. The molecule has 1 unspecified atom stereocenters. The van der Waals surface area contributed by atoms with Crippen molar-refractivity contribution in [2.24, 2.45) is 5.92 Å². The predicted molar refractivity (Wildman–Crippen MR) is 65.4 cm³/mol. The maximum Gasteiger partial charge on any atom is 0.308 e. The molecule has 0 radical (unpaired) electrons. The number of carboxylic acid groups (broad SMARTS) is 1. The van der Waals surface area contributed by atoms with Crippen LogP contribution in [0, 0.1) is 12.8 Å². The van der Waals surface area contributed by atoms with Crippen LogP contribution in [0.4, 0.5) is 5.82 Å². The Morgan fingerprint density at radius 1 is 1.61 bits per heavy atom. The van der Waals surface area contributed by atoms with Gasteiger partial charge in [-0.1, -0.05) is 6.92 Å². The highest BCUT2D eigenvalue weighted by Crippen LogP contribution is 2.12. The van der Waals surface area contributed by atoms with Crippen molar-refractivity contribution in [1.29, 1.82) is 0 Å². The molecule has 96 valence electrons. The van der Waals surface area contributed by atoms with Crippen LogP contribution in [0.1, 0.15) is 19.0 Å². The monoisotopic (exact) mass is 249 g/mol. The molecule has 2 aromatic heterocycles. The van der Waals surface area contributed by atoms with Crippen molar-refractivity contribution in [2.45, 2.75) is 20.3 Å². The van der Waals surface area contributed by atoms with Gasteiger partial charge in [0, 0.05) is 18.3 Å². The van der Waals surface area contributed by atoms with E-state index in [1.807, 2.05) is 19.9 Å². The van der Waals surface area contributed by atoms with Crippen molar-refractivity contribution in [3.8, 4) is 0 Å². The van der Waals surface area contributed by atoms with Gasteiger partial charge in [-0.3, -0.25) is 4.79 Å². The first kappa shape index (κ1) is 12.3. The average Bonchev–Trinajstić information content (AvgIpc) is 2.77. The molecular weight excluding hydrogens is 234 g/mol. The number of hydrogen-bond acceptors (Lipinski definition) is 5. The van der Waals surface area contributed by atoms with E-state index in [1.165, 1.54) is 6.33 Å². The second-order valence-electron chi connectivity index (χ2n) is 4.08. The summed E-state index contributed by atoms with van der Waals surface area (Å²) in [4.78, 5) is 19.2. The van der Waals surface area contributed by atoms with Crippen molar-refractivity contribution < 1.29 is 9.90 Å². The molecule has 0 aliphatic heterocycles. The van der Waals surface area contributed by atoms with Crippen LogP contribution >= 0.6 is 0 Å². The molecule has 2 heterocycles. The number of nitrogens with zero attached hydrogens (tertiary/aromatic N) is 4. The Bertz CT molecular complexity index is 566. The molecule has 0 bridgehead atoms. The number of hydrogen-bond donors (Lipinski definition) is 2.